The molecule has 0 spiro atoms. The van der Waals surface area contributed by atoms with Gasteiger partial charge in [-0.3, -0.25) is 9.69 Å². The van der Waals surface area contributed by atoms with Crippen molar-refractivity contribution in [3.63, 3.8) is 0 Å². The summed E-state index contributed by atoms with van der Waals surface area (Å²) in [5.41, 5.74) is 1.46. The van der Waals surface area contributed by atoms with E-state index in [1.54, 1.807) is 18.6 Å². The fourth-order valence-electron chi connectivity index (χ4n) is 3.08. The second-order valence-corrected chi connectivity index (χ2v) is 7.05. The van der Waals surface area contributed by atoms with E-state index in [9.17, 15) is 9.59 Å². The summed E-state index contributed by atoms with van der Waals surface area (Å²) >= 11 is 1.31. The molecule has 0 unspecified atom stereocenters. The lowest BCUT2D eigenvalue weighted by Crippen LogP contribution is -2.48. The predicted octanol–water partition coefficient (Wildman–Crippen LogP) is 2.30. The zero-order chi connectivity index (χ0) is 19.2. The molecule has 1 aliphatic rings. The van der Waals surface area contributed by atoms with Gasteiger partial charge in [-0.25, -0.2) is 4.79 Å². The third-order valence-electron chi connectivity index (χ3n) is 4.49. The summed E-state index contributed by atoms with van der Waals surface area (Å²) in [4.78, 5) is 28.4. The Morgan fingerprint density at radius 3 is 2.56 bits per heavy atom. The van der Waals surface area contributed by atoms with E-state index in [4.69, 9.17) is 9.47 Å². The van der Waals surface area contributed by atoms with E-state index in [0.29, 0.717) is 10.6 Å². The predicted molar refractivity (Wildman–Crippen MR) is 106 cm³/mol. The number of rotatable bonds is 6. The molecule has 7 nitrogen and oxygen atoms in total. The van der Waals surface area contributed by atoms with Crippen LogP contribution in [0.3, 0.4) is 0 Å². The number of carbonyl (C=O) groups is 2. The summed E-state index contributed by atoms with van der Waals surface area (Å²) in [7, 11) is 3.00. The fourth-order valence-corrected chi connectivity index (χ4v) is 3.88. The molecular weight excluding hydrogens is 366 g/mol. The fraction of sp³-hybridized carbons (Fsp3) is 0.368. The molecule has 1 aliphatic heterocycles. The van der Waals surface area contributed by atoms with Gasteiger partial charge in [-0.1, -0.05) is 12.1 Å². The molecule has 1 aromatic heterocycles. The van der Waals surface area contributed by atoms with E-state index in [2.05, 4.69) is 15.1 Å². The van der Waals surface area contributed by atoms with Crippen molar-refractivity contribution in [2.24, 2.45) is 0 Å². The highest BCUT2D eigenvalue weighted by Crippen LogP contribution is 2.28. The Kier molecular flexibility index (Phi) is 6.31. The van der Waals surface area contributed by atoms with Crippen molar-refractivity contribution in [3.05, 3.63) is 41.3 Å². The van der Waals surface area contributed by atoms with Crippen LogP contribution in [0.25, 0.3) is 0 Å². The van der Waals surface area contributed by atoms with Crippen LogP contribution >= 0.6 is 11.3 Å². The molecule has 1 N–H and O–H groups in total. The van der Waals surface area contributed by atoms with Crippen LogP contribution in [0.4, 0.5) is 10.7 Å². The molecule has 3 rings (SSSR count). The first-order valence-corrected chi connectivity index (χ1v) is 9.56. The highest BCUT2D eigenvalue weighted by atomic mass is 32.1. The third kappa shape index (κ3) is 4.58. The smallest absolute Gasteiger partial charge is 0.340 e. The highest BCUT2D eigenvalue weighted by molar-refractivity contribution is 7.14. The maximum absolute atomic E-state index is 12.4. The highest BCUT2D eigenvalue weighted by Gasteiger charge is 2.22. The minimum absolute atomic E-state index is 0.131. The Hall–Kier alpha value is -2.58. The van der Waals surface area contributed by atoms with Crippen molar-refractivity contribution >= 4 is 33.9 Å². The number of carbonyl (C=O) groups excluding carboxylic acids is 2. The normalized spacial score (nSPS) is 14.7. The van der Waals surface area contributed by atoms with Crippen molar-refractivity contribution in [2.45, 2.75) is 0 Å². The number of ether oxygens (including phenoxy) is 2. The van der Waals surface area contributed by atoms with Gasteiger partial charge in [-0.15, -0.1) is 11.3 Å². The standard InChI is InChI=1S/C19H23N3O4S/c1-25-16-6-4-3-5-15(16)22-10-8-21(9-11-22)13-17(23)20-18-14(7-12-27-18)19(24)26-2/h3-7,12H,8-11,13H2,1-2H3,(H,20,23). The minimum atomic E-state index is -0.447. The average molecular weight is 389 g/mol. The quantitative estimate of drug-likeness (QED) is 0.765. The van der Waals surface area contributed by atoms with Gasteiger partial charge in [-0.05, 0) is 23.6 Å². The molecule has 0 bridgehead atoms. The summed E-state index contributed by atoms with van der Waals surface area (Å²) < 4.78 is 10.2. The lowest BCUT2D eigenvalue weighted by Gasteiger charge is -2.36. The van der Waals surface area contributed by atoms with Crippen molar-refractivity contribution in [1.29, 1.82) is 0 Å². The van der Waals surface area contributed by atoms with Gasteiger partial charge in [0.15, 0.2) is 0 Å². The zero-order valence-corrected chi connectivity index (χ0v) is 16.3. The second-order valence-electron chi connectivity index (χ2n) is 6.14. The lowest BCUT2D eigenvalue weighted by molar-refractivity contribution is -0.117. The van der Waals surface area contributed by atoms with E-state index in [-0.39, 0.29) is 12.5 Å². The number of hydrogen-bond acceptors (Lipinski definition) is 7. The molecule has 0 radical (unpaired) electrons. The van der Waals surface area contributed by atoms with Gasteiger partial charge in [0.05, 0.1) is 32.0 Å². The first-order valence-electron chi connectivity index (χ1n) is 8.68. The summed E-state index contributed by atoms with van der Waals surface area (Å²) in [6.07, 6.45) is 0. The molecule has 0 atom stereocenters. The molecular formula is C19H23N3O4S. The van der Waals surface area contributed by atoms with Crippen molar-refractivity contribution in [3.8, 4) is 5.75 Å². The molecule has 144 valence electrons. The Morgan fingerprint density at radius 2 is 1.85 bits per heavy atom. The SMILES string of the molecule is COC(=O)c1ccsc1NC(=O)CN1CCN(c2ccccc2OC)CC1. The molecule has 1 saturated heterocycles. The molecule has 2 heterocycles. The second kappa shape index (κ2) is 8.88. The third-order valence-corrected chi connectivity index (χ3v) is 5.32. The van der Waals surface area contributed by atoms with Gasteiger partial charge in [-0.2, -0.15) is 0 Å². The van der Waals surface area contributed by atoms with E-state index < -0.39 is 5.97 Å². The number of hydrogen-bond donors (Lipinski definition) is 1. The van der Waals surface area contributed by atoms with Crippen LogP contribution in [0.1, 0.15) is 10.4 Å². The van der Waals surface area contributed by atoms with Crippen molar-refractivity contribution < 1.29 is 19.1 Å². The number of amides is 1. The average Bonchev–Trinajstić information content (AvgIpc) is 3.15. The van der Waals surface area contributed by atoms with Crippen LogP contribution in [-0.4, -0.2) is 63.7 Å². The van der Waals surface area contributed by atoms with Gasteiger partial charge >= 0.3 is 5.97 Å². The Labute approximate surface area is 162 Å². The molecule has 8 heteroatoms. The Balaban J connectivity index is 1.53. The van der Waals surface area contributed by atoms with Crippen LogP contribution in [-0.2, 0) is 9.53 Å². The molecule has 1 fully saturated rings. The number of anilines is 2. The number of nitrogens with one attached hydrogen (secondary N) is 1. The van der Waals surface area contributed by atoms with Gasteiger partial charge in [0.2, 0.25) is 5.91 Å². The van der Waals surface area contributed by atoms with Crippen LogP contribution < -0.4 is 15.0 Å². The first-order chi connectivity index (χ1) is 13.1. The number of thiophene rings is 1. The molecule has 0 saturated carbocycles. The Bertz CT molecular complexity index is 800. The van der Waals surface area contributed by atoms with Gasteiger partial charge < -0.3 is 19.7 Å². The maximum atomic E-state index is 12.4. The number of piperazine rings is 1. The van der Waals surface area contributed by atoms with Crippen molar-refractivity contribution in [2.75, 3.05) is 57.2 Å². The van der Waals surface area contributed by atoms with Crippen molar-refractivity contribution in [1.82, 2.24) is 4.90 Å². The Morgan fingerprint density at radius 1 is 1.11 bits per heavy atom. The van der Waals surface area contributed by atoms with Crippen LogP contribution in [0.5, 0.6) is 5.75 Å². The molecule has 0 aliphatic carbocycles. The number of nitrogens with zero attached hydrogens (tertiary/aromatic N) is 2. The molecule has 1 aromatic carbocycles. The maximum Gasteiger partial charge on any atom is 0.340 e. The topological polar surface area (TPSA) is 71.1 Å². The molecule has 27 heavy (non-hydrogen) atoms. The minimum Gasteiger partial charge on any atom is -0.495 e. The summed E-state index contributed by atoms with van der Waals surface area (Å²) in [6, 6.07) is 9.60. The summed E-state index contributed by atoms with van der Waals surface area (Å²) in [5, 5.41) is 5.10. The number of para-hydroxylation sites is 2. The monoisotopic (exact) mass is 389 g/mol. The first kappa shape index (κ1) is 19.2. The summed E-state index contributed by atoms with van der Waals surface area (Å²) in [5.74, 6) is 0.280. The van der Waals surface area contributed by atoms with Crippen LogP contribution in [0.15, 0.2) is 35.7 Å². The lowest BCUT2D eigenvalue weighted by atomic mass is 10.2. The molecule has 1 amide bonds. The largest absolute Gasteiger partial charge is 0.495 e. The van der Waals surface area contributed by atoms with Crippen LogP contribution in [0, 0.1) is 0 Å². The number of methoxy groups -OCH3 is 2. The number of esters is 1. The van der Waals surface area contributed by atoms with Gasteiger partial charge in [0.25, 0.3) is 0 Å². The van der Waals surface area contributed by atoms with E-state index in [1.165, 1.54) is 18.4 Å². The van der Waals surface area contributed by atoms with E-state index >= 15 is 0 Å². The zero-order valence-electron chi connectivity index (χ0n) is 15.4. The number of benzene rings is 1. The van der Waals surface area contributed by atoms with Gasteiger partial charge in [0.1, 0.15) is 10.8 Å². The molecule has 2 aromatic rings. The summed E-state index contributed by atoms with van der Waals surface area (Å²) in [6.45, 7) is 3.48. The van der Waals surface area contributed by atoms with Crippen LogP contribution in [0.2, 0.25) is 0 Å². The van der Waals surface area contributed by atoms with E-state index in [1.807, 2.05) is 24.3 Å². The van der Waals surface area contributed by atoms with Gasteiger partial charge in [0, 0.05) is 26.2 Å². The van der Waals surface area contributed by atoms with E-state index in [0.717, 1.165) is 37.6 Å².